The molecule has 0 saturated carbocycles. The summed E-state index contributed by atoms with van der Waals surface area (Å²) in [6.45, 7) is -0.337. The first-order valence-corrected chi connectivity index (χ1v) is 7.55. The molecule has 0 aliphatic carbocycles. The molecule has 0 saturated heterocycles. The Balaban J connectivity index is 2.26. The van der Waals surface area contributed by atoms with E-state index in [4.69, 9.17) is 9.84 Å². The molecule has 110 valence electrons. The van der Waals surface area contributed by atoms with Gasteiger partial charge in [0, 0.05) is 0 Å². The highest BCUT2D eigenvalue weighted by molar-refractivity contribution is 14.1. The third-order valence-corrected chi connectivity index (χ3v) is 4.19. The zero-order valence-corrected chi connectivity index (χ0v) is 14.1. The monoisotopic (exact) mass is 468 g/mol. The SMILES string of the molecule is O=C(O)c1ccc(I)c(OCc2c(F)ccc(Br)c2F)c1. The molecule has 0 fully saturated rings. The van der Waals surface area contributed by atoms with Crippen LogP contribution in [0.15, 0.2) is 34.8 Å². The first-order valence-electron chi connectivity index (χ1n) is 5.68. The molecule has 0 spiro atoms. The minimum Gasteiger partial charge on any atom is -0.488 e. The van der Waals surface area contributed by atoms with Crippen molar-refractivity contribution in [2.75, 3.05) is 0 Å². The second-order valence-electron chi connectivity index (χ2n) is 4.06. The fourth-order valence-electron chi connectivity index (χ4n) is 1.60. The predicted molar refractivity (Wildman–Crippen MR) is 84.5 cm³/mol. The first kappa shape index (κ1) is 16.2. The standard InChI is InChI=1S/C14H8BrF2IO3/c15-9-2-3-10(16)8(13(9)17)6-21-12-5-7(14(19)20)1-4-11(12)18/h1-5H,6H2,(H,19,20). The van der Waals surface area contributed by atoms with Crippen molar-refractivity contribution in [2.45, 2.75) is 6.61 Å². The van der Waals surface area contributed by atoms with E-state index in [1.165, 1.54) is 18.2 Å². The van der Waals surface area contributed by atoms with Crippen molar-refractivity contribution in [1.82, 2.24) is 0 Å². The predicted octanol–water partition coefficient (Wildman–Crippen LogP) is 4.61. The highest BCUT2D eigenvalue weighted by atomic mass is 127. The topological polar surface area (TPSA) is 46.5 Å². The fourth-order valence-corrected chi connectivity index (χ4v) is 2.46. The van der Waals surface area contributed by atoms with Crippen LogP contribution in [0.25, 0.3) is 0 Å². The van der Waals surface area contributed by atoms with Gasteiger partial charge in [0.1, 0.15) is 24.0 Å². The van der Waals surface area contributed by atoms with Gasteiger partial charge in [-0.3, -0.25) is 0 Å². The molecule has 2 aromatic rings. The lowest BCUT2D eigenvalue weighted by Gasteiger charge is -2.11. The second kappa shape index (κ2) is 6.69. The van der Waals surface area contributed by atoms with Crippen molar-refractivity contribution in [3.8, 4) is 5.75 Å². The van der Waals surface area contributed by atoms with E-state index in [2.05, 4.69) is 15.9 Å². The minimum absolute atomic E-state index is 0.0422. The number of rotatable bonds is 4. The lowest BCUT2D eigenvalue weighted by molar-refractivity contribution is 0.0696. The molecule has 0 bridgehead atoms. The normalized spacial score (nSPS) is 10.5. The van der Waals surface area contributed by atoms with Gasteiger partial charge in [-0.15, -0.1) is 0 Å². The van der Waals surface area contributed by atoms with Crippen LogP contribution in [-0.2, 0) is 6.61 Å². The molecule has 21 heavy (non-hydrogen) atoms. The van der Waals surface area contributed by atoms with Crippen molar-refractivity contribution in [2.24, 2.45) is 0 Å². The van der Waals surface area contributed by atoms with Crippen molar-refractivity contribution >= 4 is 44.5 Å². The van der Waals surface area contributed by atoms with Crippen molar-refractivity contribution in [1.29, 1.82) is 0 Å². The van der Waals surface area contributed by atoms with Gasteiger partial charge in [-0.2, -0.15) is 0 Å². The molecule has 2 rings (SSSR count). The van der Waals surface area contributed by atoms with Crippen molar-refractivity contribution < 1.29 is 23.4 Å². The molecule has 0 unspecified atom stereocenters. The molecule has 1 N–H and O–H groups in total. The molecule has 7 heteroatoms. The van der Waals surface area contributed by atoms with Crippen molar-refractivity contribution in [3.63, 3.8) is 0 Å². The van der Waals surface area contributed by atoms with Crippen LogP contribution in [0.4, 0.5) is 8.78 Å². The van der Waals surface area contributed by atoms with E-state index in [0.717, 1.165) is 6.07 Å². The zero-order chi connectivity index (χ0) is 15.6. The van der Waals surface area contributed by atoms with Gasteiger partial charge in [0.05, 0.1) is 19.2 Å². The van der Waals surface area contributed by atoms with Gasteiger partial charge in [0.15, 0.2) is 0 Å². The fraction of sp³-hybridized carbons (Fsp3) is 0.0714. The molecule has 0 heterocycles. The number of ether oxygens (including phenoxy) is 1. The van der Waals surface area contributed by atoms with Gasteiger partial charge in [-0.1, -0.05) is 0 Å². The van der Waals surface area contributed by atoms with Crippen LogP contribution in [0.3, 0.4) is 0 Å². The minimum atomic E-state index is -1.10. The summed E-state index contributed by atoms with van der Waals surface area (Å²) in [5.41, 5.74) is -0.179. The van der Waals surface area contributed by atoms with Gasteiger partial charge in [-0.25, -0.2) is 13.6 Å². The van der Waals surface area contributed by atoms with E-state index in [-0.39, 0.29) is 28.0 Å². The smallest absolute Gasteiger partial charge is 0.335 e. The Hall–Kier alpha value is -1.22. The molecule has 3 nitrogen and oxygen atoms in total. The van der Waals surface area contributed by atoms with Gasteiger partial charge in [0.2, 0.25) is 0 Å². The number of carboxylic acids is 1. The largest absolute Gasteiger partial charge is 0.488 e. The van der Waals surface area contributed by atoms with Crippen LogP contribution < -0.4 is 4.74 Å². The van der Waals surface area contributed by atoms with Crippen molar-refractivity contribution in [3.05, 3.63) is 61.1 Å². The lowest BCUT2D eigenvalue weighted by atomic mass is 10.2. The van der Waals surface area contributed by atoms with Gasteiger partial charge in [0.25, 0.3) is 0 Å². The van der Waals surface area contributed by atoms with Crippen LogP contribution in [0.5, 0.6) is 5.75 Å². The first-order chi connectivity index (χ1) is 9.90. The number of halogens is 4. The number of hydrogen-bond donors (Lipinski definition) is 1. The average Bonchev–Trinajstić information content (AvgIpc) is 2.44. The van der Waals surface area contributed by atoms with E-state index in [1.807, 2.05) is 22.6 Å². The number of aromatic carboxylic acids is 1. The number of hydrogen-bond acceptors (Lipinski definition) is 2. The van der Waals surface area contributed by atoms with Crippen LogP contribution >= 0.6 is 38.5 Å². The van der Waals surface area contributed by atoms with E-state index in [1.54, 1.807) is 6.07 Å². The maximum Gasteiger partial charge on any atom is 0.335 e. The summed E-state index contributed by atoms with van der Waals surface area (Å²) in [6.07, 6.45) is 0. The van der Waals surface area contributed by atoms with Crippen LogP contribution in [-0.4, -0.2) is 11.1 Å². The van der Waals surface area contributed by atoms with Crippen LogP contribution in [0.1, 0.15) is 15.9 Å². The maximum atomic E-state index is 13.8. The Morgan fingerprint density at radius 3 is 2.67 bits per heavy atom. The molecule has 0 radical (unpaired) electrons. The Bertz CT molecular complexity index is 707. The molecule has 2 aromatic carbocycles. The summed E-state index contributed by atoms with van der Waals surface area (Å²) in [6, 6.07) is 6.70. The number of carboxylic acid groups (broad SMARTS) is 1. The molecule has 0 aromatic heterocycles. The summed E-state index contributed by atoms with van der Waals surface area (Å²) in [7, 11) is 0. The Morgan fingerprint density at radius 2 is 2.00 bits per heavy atom. The summed E-state index contributed by atoms with van der Waals surface area (Å²) in [5, 5.41) is 8.93. The quantitative estimate of drug-likeness (QED) is 0.526. The highest BCUT2D eigenvalue weighted by Gasteiger charge is 2.14. The number of benzene rings is 2. The third kappa shape index (κ3) is 3.70. The zero-order valence-electron chi connectivity index (χ0n) is 10.4. The number of carbonyl (C=O) groups is 1. The van der Waals surface area contributed by atoms with Gasteiger partial charge >= 0.3 is 5.97 Å². The summed E-state index contributed by atoms with van der Waals surface area (Å²) < 4.78 is 33.6. The lowest BCUT2D eigenvalue weighted by Crippen LogP contribution is -2.05. The molecular weight excluding hydrogens is 461 g/mol. The summed E-state index contributed by atoms with van der Waals surface area (Å²) >= 11 is 4.93. The van der Waals surface area contributed by atoms with E-state index < -0.39 is 17.6 Å². The molecular formula is C14H8BrF2IO3. The summed E-state index contributed by atoms with van der Waals surface area (Å²) in [5.74, 6) is -2.30. The Morgan fingerprint density at radius 1 is 1.29 bits per heavy atom. The average molecular weight is 469 g/mol. The molecule has 0 aliphatic heterocycles. The molecule has 0 amide bonds. The van der Waals surface area contributed by atoms with Crippen LogP contribution in [0, 0.1) is 15.2 Å². The van der Waals surface area contributed by atoms with E-state index >= 15 is 0 Å². The van der Waals surface area contributed by atoms with E-state index in [0.29, 0.717) is 3.57 Å². The second-order valence-corrected chi connectivity index (χ2v) is 6.08. The highest BCUT2D eigenvalue weighted by Crippen LogP contribution is 2.26. The third-order valence-electron chi connectivity index (χ3n) is 2.69. The van der Waals surface area contributed by atoms with Gasteiger partial charge in [-0.05, 0) is 68.9 Å². The molecule has 0 atom stereocenters. The van der Waals surface area contributed by atoms with E-state index in [9.17, 15) is 13.6 Å². The van der Waals surface area contributed by atoms with Crippen LogP contribution in [0.2, 0.25) is 0 Å². The Labute approximate surface area is 141 Å². The Kier molecular flexibility index (Phi) is 5.15. The molecule has 0 aliphatic rings. The summed E-state index contributed by atoms with van der Waals surface area (Å²) in [4.78, 5) is 10.9. The maximum absolute atomic E-state index is 13.8. The van der Waals surface area contributed by atoms with Gasteiger partial charge < -0.3 is 9.84 Å².